The third-order valence-electron chi connectivity index (χ3n) is 5.48. The predicted octanol–water partition coefficient (Wildman–Crippen LogP) is 2.00. The van der Waals surface area contributed by atoms with Gasteiger partial charge in [-0.2, -0.15) is 0 Å². The van der Waals surface area contributed by atoms with Crippen molar-refractivity contribution in [2.75, 3.05) is 39.1 Å². The van der Waals surface area contributed by atoms with Gasteiger partial charge < -0.3 is 20.4 Å². The third-order valence-corrected chi connectivity index (χ3v) is 7.59. The molecule has 160 valence electrons. The first-order chi connectivity index (χ1) is 13.8. The van der Waals surface area contributed by atoms with E-state index in [4.69, 9.17) is 4.74 Å². The van der Waals surface area contributed by atoms with Crippen LogP contribution in [0.4, 0.5) is 4.39 Å². The summed E-state index contributed by atoms with van der Waals surface area (Å²) in [5.41, 5.74) is 1.86. The van der Waals surface area contributed by atoms with E-state index >= 15 is 0 Å². The van der Waals surface area contributed by atoms with Gasteiger partial charge >= 0.3 is 0 Å². The average molecular weight is 425 g/mol. The Kier molecular flexibility index (Phi) is 6.79. The monoisotopic (exact) mass is 424 g/mol. The number of halogens is 1. The van der Waals surface area contributed by atoms with E-state index in [0.717, 1.165) is 22.9 Å². The Morgan fingerprint density at radius 1 is 1.31 bits per heavy atom. The van der Waals surface area contributed by atoms with Gasteiger partial charge in [0.15, 0.2) is 15.8 Å². The molecule has 1 aliphatic heterocycles. The fourth-order valence-electron chi connectivity index (χ4n) is 3.64. The Bertz CT molecular complexity index is 965. The highest BCUT2D eigenvalue weighted by atomic mass is 32.2. The van der Waals surface area contributed by atoms with Gasteiger partial charge in [-0.25, -0.2) is 12.8 Å². The first-order valence-corrected chi connectivity index (χ1v) is 11.8. The molecule has 0 amide bonds. The molecule has 1 saturated heterocycles. The fraction of sp³-hybridized carbons (Fsp3) is 0.550. The summed E-state index contributed by atoms with van der Waals surface area (Å²) in [6, 6.07) is 4.71. The van der Waals surface area contributed by atoms with Crippen molar-refractivity contribution in [2.45, 2.75) is 30.9 Å². The normalized spacial score (nSPS) is 17.4. The molecule has 0 spiro atoms. The molecule has 1 fully saturated rings. The molecule has 7 nitrogen and oxygen atoms in total. The van der Waals surface area contributed by atoms with E-state index in [2.05, 4.69) is 20.6 Å². The maximum atomic E-state index is 13.3. The molecule has 3 N–H and O–H groups in total. The van der Waals surface area contributed by atoms with Gasteiger partial charge in [0.25, 0.3) is 0 Å². The first-order valence-electron chi connectivity index (χ1n) is 9.90. The Morgan fingerprint density at radius 3 is 2.76 bits per heavy atom. The van der Waals surface area contributed by atoms with E-state index in [1.807, 2.05) is 13.1 Å². The molecular formula is C20H29FN4O3S. The number of aromatic nitrogens is 1. The number of aliphatic imine (C=N–C) groups is 1. The zero-order chi connectivity index (χ0) is 20.9. The molecule has 0 bridgehead atoms. The molecule has 2 heterocycles. The van der Waals surface area contributed by atoms with E-state index in [9.17, 15) is 12.8 Å². The number of rotatable bonds is 7. The smallest absolute Gasteiger partial charge is 0.191 e. The van der Waals surface area contributed by atoms with Crippen molar-refractivity contribution in [3.8, 4) is 0 Å². The Morgan fingerprint density at radius 2 is 2.07 bits per heavy atom. The summed E-state index contributed by atoms with van der Waals surface area (Å²) in [4.78, 5) is 7.66. The number of ether oxygens (including phenoxy) is 1. The minimum absolute atomic E-state index is 0.205. The molecule has 1 aromatic carbocycles. The molecule has 0 radical (unpaired) electrons. The number of fused-ring (bicyclic) bond motifs is 1. The lowest BCUT2D eigenvalue weighted by molar-refractivity contribution is 0.0768. The number of guanidine groups is 1. The van der Waals surface area contributed by atoms with Gasteiger partial charge in [-0.3, -0.25) is 4.99 Å². The maximum absolute atomic E-state index is 13.3. The van der Waals surface area contributed by atoms with E-state index in [-0.39, 0.29) is 12.4 Å². The lowest BCUT2D eigenvalue weighted by Gasteiger charge is -2.34. The largest absolute Gasteiger partial charge is 0.381 e. The molecule has 0 saturated carbocycles. The van der Waals surface area contributed by atoms with Crippen molar-refractivity contribution in [2.24, 2.45) is 4.99 Å². The Balaban J connectivity index is 1.66. The van der Waals surface area contributed by atoms with Crippen LogP contribution < -0.4 is 10.6 Å². The van der Waals surface area contributed by atoms with Crippen LogP contribution in [-0.4, -0.2) is 63.2 Å². The van der Waals surface area contributed by atoms with E-state index in [0.29, 0.717) is 45.1 Å². The summed E-state index contributed by atoms with van der Waals surface area (Å²) in [7, 11) is -3.26. The van der Waals surface area contributed by atoms with Crippen molar-refractivity contribution in [3.63, 3.8) is 0 Å². The van der Waals surface area contributed by atoms with Crippen LogP contribution in [0.15, 0.2) is 29.4 Å². The van der Waals surface area contributed by atoms with E-state index in [1.165, 1.54) is 18.4 Å². The molecule has 2 aromatic rings. The van der Waals surface area contributed by atoms with Gasteiger partial charge in [-0.1, -0.05) is 0 Å². The summed E-state index contributed by atoms with van der Waals surface area (Å²) in [5, 5.41) is 7.43. The molecule has 9 heteroatoms. The Hall–Kier alpha value is -2.13. The molecular weight excluding hydrogens is 395 g/mol. The summed E-state index contributed by atoms with van der Waals surface area (Å²) in [6.45, 7) is 4.34. The van der Waals surface area contributed by atoms with Crippen LogP contribution in [0.2, 0.25) is 0 Å². The van der Waals surface area contributed by atoms with Crippen molar-refractivity contribution in [3.05, 3.63) is 35.8 Å². The van der Waals surface area contributed by atoms with Crippen molar-refractivity contribution >= 4 is 26.7 Å². The van der Waals surface area contributed by atoms with Crippen molar-refractivity contribution in [1.29, 1.82) is 0 Å². The summed E-state index contributed by atoms with van der Waals surface area (Å²) >= 11 is 0. The molecule has 0 aliphatic carbocycles. The van der Waals surface area contributed by atoms with Crippen LogP contribution in [0.3, 0.4) is 0 Å². The molecule has 1 aliphatic rings. The minimum Gasteiger partial charge on any atom is -0.381 e. The first kappa shape index (κ1) is 21.6. The third kappa shape index (κ3) is 5.08. The zero-order valence-electron chi connectivity index (χ0n) is 16.9. The average Bonchev–Trinajstić information content (AvgIpc) is 3.08. The second-order valence-corrected chi connectivity index (χ2v) is 9.85. The number of aromatic amines is 1. The lowest BCUT2D eigenvalue weighted by Crippen LogP contribution is -2.47. The summed E-state index contributed by atoms with van der Waals surface area (Å²) in [5.74, 6) is 0.325. The Labute approximate surface area is 171 Å². The van der Waals surface area contributed by atoms with Gasteiger partial charge in [-0.05, 0) is 49.9 Å². The van der Waals surface area contributed by atoms with Gasteiger partial charge in [0.05, 0.1) is 11.3 Å². The number of hydrogen-bond acceptors (Lipinski definition) is 4. The number of benzene rings is 1. The molecule has 29 heavy (non-hydrogen) atoms. The number of H-pyrrole nitrogens is 1. The van der Waals surface area contributed by atoms with Crippen molar-refractivity contribution < 1.29 is 17.5 Å². The summed E-state index contributed by atoms with van der Waals surface area (Å²) < 4.78 is 42.6. The fourth-order valence-corrected chi connectivity index (χ4v) is 4.84. The van der Waals surface area contributed by atoms with Gasteiger partial charge in [0, 0.05) is 49.7 Å². The minimum atomic E-state index is -3.26. The topological polar surface area (TPSA) is 95.6 Å². The van der Waals surface area contributed by atoms with Crippen LogP contribution in [0.1, 0.15) is 25.3 Å². The highest BCUT2D eigenvalue weighted by Crippen LogP contribution is 2.29. The van der Waals surface area contributed by atoms with E-state index in [1.54, 1.807) is 6.07 Å². The zero-order valence-corrected chi connectivity index (χ0v) is 17.7. The second-order valence-electron chi connectivity index (χ2n) is 7.44. The molecule has 3 rings (SSSR count). The highest BCUT2D eigenvalue weighted by Gasteiger charge is 2.42. The van der Waals surface area contributed by atoms with Gasteiger partial charge in [0.1, 0.15) is 5.82 Å². The van der Waals surface area contributed by atoms with Crippen LogP contribution in [0.5, 0.6) is 0 Å². The van der Waals surface area contributed by atoms with Crippen LogP contribution in [-0.2, 0) is 21.0 Å². The van der Waals surface area contributed by atoms with Gasteiger partial charge in [0.2, 0.25) is 0 Å². The van der Waals surface area contributed by atoms with Crippen molar-refractivity contribution in [1.82, 2.24) is 15.6 Å². The number of nitrogens with one attached hydrogen (secondary N) is 3. The van der Waals surface area contributed by atoms with Gasteiger partial charge in [-0.15, -0.1) is 0 Å². The SMILES string of the molecule is CCNC(=NCC1(S(C)(=O)=O)CCOCC1)NCCc1c[nH]c2cc(F)ccc12. The quantitative estimate of drug-likeness (QED) is 0.467. The van der Waals surface area contributed by atoms with Crippen LogP contribution in [0.25, 0.3) is 10.9 Å². The molecule has 0 unspecified atom stereocenters. The predicted molar refractivity (Wildman–Crippen MR) is 114 cm³/mol. The number of hydrogen-bond donors (Lipinski definition) is 3. The lowest BCUT2D eigenvalue weighted by atomic mass is 9.99. The maximum Gasteiger partial charge on any atom is 0.191 e. The molecule has 1 aromatic heterocycles. The van der Waals surface area contributed by atoms with Crippen LogP contribution >= 0.6 is 0 Å². The number of nitrogens with zero attached hydrogens (tertiary/aromatic N) is 1. The molecule has 0 atom stereocenters. The van der Waals surface area contributed by atoms with E-state index < -0.39 is 14.6 Å². The number of sulfone groups is 1. The highest BCUT2D eigenvalue weighted by molar-refractivity contribution is 7.92. The standard InChI is InChI=1S/C20H29FN4O3S/c1-3-22-19(25-14-20(29(2,26)27)7-10-28-11-8-20)23-9-6-15-13-24-18-12-16(21)4-5-17(15)18/h4-5,12-13,24H,3,6-11,14H2,1-2H3,(H2,22,23,25). The van der Waals surface area contributed by atoms with Crippen LogP contribution in [0, 0.1) is 5.82 Å². The summed E-state index contributed by atoms with van der Waals surface area (Å²) in [6.07, 6.45) is 4.81. The second kappa shape index (κ2) is 9.13.